The summed E-state index contributed by atoms with van der Waals surface area (Å²) in [6.07, 6.45) is 7.06. The van der Waals surface area contributed by atoms with Crippen molar-refractivity contribution in [3.8, 4) is 5.69 Å². The molecule has 3 rings (SSSR count). The van der Waals surface area contributed by atoms with E-state index >= 15 is 0 Å². The first-order chi connectivity index (χ1) is 8.93. The van der Waals surface area contributed by atoms with Gasteiger partial charge in [-0.25, -0.2) is 9.67 Å². The van der Waals surface area contributed by atoms with E-state index in [1.54, 1.807) is 12.7 Å². The summed E-state index contributed by atoms with van der Waals surface area (Å²) in [5.41, 5.74) is 2.51. The van der Waals surface area contributed by atoms with E-state index in [4.69, 9.17) is 0 Å². The van der Waals surface area contributed by atoms with Crippen LogP contribution in [-0.2, 0) is 6.42 Å². The van der Waals surface area contributed by atoms with E-state index in [9.17, 15) is 0 Å². The monoisotopic (exact) mass is 242 g/mol. The van der Waals surface area contributed by atoms with Gasteiger partial charge in [-0.05, 0) is 49.9 Å². The first-order valence-corrected chi connectivity index (χ1v) is 6.57. The molecule has 0 aliphatic carbocycles. The minimum Gasteiger partial charge on any atom is -0.316 e. The third kappa shape index (κ3) is 2.43. The van der Waals surface area contributed by atoms with Gasteiger partial charge in [-0.3, -0.25) is 0 Å². The Morgan fingerprint density at radius 3 is 3.06 bits per heavy atom. The summed E-state index contributed by atoms with van der Waals surface area (Å²) in [7, 11) is 0. The third-order valence-corrected chi connectivity index (χ3v) is 3.56. The van der Waals surface area contributed by atoms with Crippen LogP contribution < -0.4 is 5.32 Å². The summed E-state index contributed by atoms with van der Waals surface area (Å²) in [6.45, 7) is 2.30. The maximum absolute atomic E-state index is 4.23. The van der Waals surface area contributed by atoms with Gasteiger partial charge in [0.25, 0.3) is 0 Å². The van der Waals surface area contributed by atoms with Crippen molar-refractivity contribution < 1.29 is 0 Å². The number of nitrogens with zero attached hydrogens (tertiary/aromatic N) is 3. The fourth-order valence-electron chi connectivity index (χ4n) is 2.65. The minimum atomic E-state index is 0.739. The molecule has 1 N–H and O–H groups in total. The molecule has 1 aromatic carbocycles. The second-order valence-electron chi connectivity index (χ2n) is 4.89. The largest absolute Gasteiger partial charge is 0.316 e. The molecule has 1 aliphatic heterocycles. The number of aromatic nitrogens is 3. The molecule has 4 nitrogen and oxygen atoms in total. The van der Waals surface area contributed by atoms with Crippen molar-refractivity contribution in [2.75, 3.05) is 13.1 Å². The molecular formula is C14H18N4. The summed E-state index contributed by atoms with van der Waals surface area (Å²) in [5.74, 6) is 0.739. The Labute approximate surface area is 107 Å². The standard InChI is InChI=1S/C14H18N4/c1-2-6-14(18-11-16-10-17-18)13(5-1)8-12-4-3-7-15-9-12/h1-2,5-6,10-12,15H,3-4,7-9H2. The Morgan fingerprint density at radius 1 is 1.33 bits per heavy atom. The van der Waals surface area contributed by atoms with Crippen LogP contribution >= 0.6 is 0 Å². The average Bonchev–Trinajstić information content (AvgIpc) is 2.94. The molecule has 1 atom stereocenters. The molecule has 2 aromatic rings. The second kappa shape index (κ2) is 5.31. The van der Waals surface area contributed by atoms with Crippen molar-refractivity contribution in [1.82, 2.24) is 20.1 Å². The molecule has 1 aromatic heterocycles. The lowest BCUT2D eigenvalue weighted by molar-refractivity contribution is 0.376. The van der Waals surface area contributed by atoms with Gasteiger partial charge in [0, 0.05) is 0 Å². The van der Waals surface area contributed by atoms with Gasteiger partial charge in [0.2, 0.25) is 0 Å². The predicted molar refractivity (Wildman–Crippen MR) is 70.7 cm³/mol. The molecule has 0 amide bonds. The van der Waals surface area contributed by atoms with Crippen LogP contribution in [0.25, 0.3) is 5.69 Å². The highest BCUT2D eigenvalue weighted by molar-refractivity contribution is 5.40. The minimum absolute atomic E-state index is 0.739. The van der Waals surface area contributed by atoms with Crippen LogP contribution in [0.1, 0.15) is 18.4 Å². The molecule has 1 saturated heterocycles. The molecular weight excluding hydrogens is 224 g/mol. The molecule has 1 fully saturated rings. The quantitative estimate of drug-likeness (QED) is 0.892. The van der Waals surface area contributed by atoms with Gasteiger partial charge in [-0.2, -0.15) is 5.10 Å². The van der Waals surface area contributed by atoms with E-state index < -0.39 is 0 Å². The van der Waals surface area contributed by atoms with E-state index in [2.05, 4.69) is 39.7 Å². The van der Waals surface area contributed by atoms with Crippen LogP contribution in [0.2, 0.25) is 0 Å². The lowest BCUT2D eigenvalue weighted by Crippen LogP contribution is -2.31. The maximum Gasteiger partial charge on any atom is 0.138 e. The summed E-state index contributed by atoms with van der Waals surface area (Å²) in [4.78, 5) is 4.03. The number of rotatable bonds is 3. The highest BCUT2D eigenvalue weighted by Gasteiger charge is 2.15. The molecule has 0 spiro atoms. The Kier molecular flexibility index (Phi) is 3.37. The number of hydrogen-bond acceptors (Lipinski definition) is 3. The Morgan fingerprint density at radius 2 is 2.28 bits per heavy atom. The van der Waals surface area contributed by atoms with E-state index in [1.807, 2.05) is 4.68 Å². The lowest BCUT2D eigenvalue weighted by atomic mass is 9.91. The molecule has 0 bridgehead atoms. The van der Waals surface area contributed by atoms with Crippen molar-refractivity contribution in [3.05, 3.63) is 42.5 Å². The van der Waals surface area contributed by atoms with Crippen LogP contribution in [-0.4, -0.2) is 27.9 Å². The van der Waals surface area contributed by atoms with Gasteiger partial charge in [-0.15, -0.1) is 0 Å². The Balaban J connectivity index is 1.83. The molecule has 0 saturated carbocycles. The van der Waals surface area contributed by atoms with Crippen LogP contribution in [0.5, 0.6) is 0 Å². The summed E-state index contributed by atoms with van der Waals surface area (Å²) >= 11 is 0. The molecule has 2 heterocycles. The molecule has 18 heavy (non-hydrogen) atoms. The van der Waals surface area contributed by atoms with Crippen LogP contribution in [0.4, 0.5) is 0 Å². The topological polar surface area (TPSA) is 42.7 Å². The van der Waals surface area contributed by atoms with Crippen LogP contribution in [0, 0.1) is 5.92 Å². The van der Waals surface area contributed by atoms with E-state index in [-0.39, 0.29) is 0 Å². The maximum atomic E-state index is 4.23. The van der Waals surface area contributed by atoms with Gasteiger partial charge in [-0.1, -0.05) is 18.2 Å². The first kappa shape index (κ1) is 11.4. The Bertz CT molecular complexity index is 486. The number of nitrogens with one attached hydrogen (secondary N) is 1. The second-order valence-corrected chi connectivity index (χ2v) is 4.89. The molecule has 1 aliphatic rings. The van der Waals surface area contributed by atoms with Gasteiger partial charge in [0.15, 0.2) is 0 Å². The van der Waals surface area contributed by atoms with Gasteiger partial charge < -0.3 is 5.32 Å². The van der Waals surface area contributed by atoms with Crippen molar-refractivity contribution in [2.45, 2.75) is 19.3 Å². The van der Waals surface area contributed by atoms with E-state index in [1.165, 1.54) is 24.9 Å². The first-order valence-electron chi connectivity index (χ1n) is 6.57. The van der Waals surface area contributed by atoms with Gasteiger partial charge in [0.1, 0.15) is 12.7 Å². The van der Waals surface area contributed by atoms with Crippen molar-refractivity contribution in [1.29, 1.82) is 0 Å². The van der Waals surface area contributed by atoms with E-state index in [0.717, 1.165) is 24.6 Å². The zero-order chi connectivity index (χ0) is 12.2. The summed E-state index contributed by atoms with van der Waals surface area (Å²) < 4.78 is 1.85. The fraction of sp³-hybridized carbons (Fsp3) is 0.429. The normalized spacial score (nSPS) is 19.9. The van der Waals surface area contributed by atoms with Crippen molar-refractivity contribution >= 4 is 0 Å². The summed E-state index contributed by atoms with van der Waals surface area (Å²) in [5, 5.41) is 7.70. The molecule has 4 heteroatoms. The third-order valence-electron chi connectivity index (χ3n) is 3.56. The zero-order valence-corrected chi connectivity index (χ0v) is 10.4. The predicted octanol–water partition coefficient (Wildman–Crippen LogP) is 1.81. The SMILES string of the molecule is c1ccc(-n2cncn2)c(CC2CCCNC2)c1. The molecule has 0 radical (unpaired) electrons. The van der Waals surface area contributed by atoms with Gasteiger partial charge >= 0.3 is 0 Å². The van der Waals surface area contributed by atoms with E-state index in [0.29, 0.717) is 0 Å². The highest BCUT2D eigenvalue weighted by Crippen LogP contribution is 2.21. The van der Waals surface area contributed by atoms with Crippen molar-refractivity contribution in [3.63, 3.8) is 0 Å². The van der Waals surface area contributed by atoms with Crippen LogP contribution in [0.3, 0.4) is 0 Å². The zero-order valence-electron chi connectivity index (χ0n) is 10.4. The number of para-hydroxylation sites is 1. The Hall–Kier alpha value is -1.68. The molecule has 94 valence electrons. The average molecular weight is 242 g/mol. The summed E-state index contributed by atoms with van der Waals surface area (Å²) in [6, 6.07) is 8.47. The molecule has 1 unspecified atom stereocenters. The highest BCUT2D eigenvalue weighted by atomic mass is 15.3. The lowest BCUT2D eigenvalue weighted by Gasteiger charge is -2.23. The number of hydrogen-bond donors (Lipinski definition) is 1. The fourth-order valence-corrected chi connectivity index (χ4v) is 2.65. The number of piperidine rings is 1. The smallest absolute Gasteiger partial charge is 0.138 e. The van der Waals surface area contributed by atoms with Crippen LogP contribution in [0.15, 0.2) is 36.9 Å². The number of benzene rings is 1. The van der Waals surface area contributed by atoms with Crippen molar-refractivity contribution in [2.24, 2.45) is 5.92 Å². The van der Waals surface area contributed by atoms with Gasteiger partial charge in [0.05, 0.1) is 5.69 Å².